The Morgan fingerprint density at radius 2 is 1.73 bits per heavy atom. The number of aryl methyl sites for hydroxylation is 2. The Bertz CT molecular complexity index is 1180. The lowest BCUT2D eigenvalue weighted by atomic mass is 10.1. The minimum Gasteiger partial charge on any atom is -0.484 e. The third-order valence-electron chi connectivity index (χ3n) is 4.68. The molecule has 4 aromatic rings. The molecule has 0 radical (unpaired) electrons. The van der Waals surface area contributed by atoms with Crippen molar-refractivity contribution < 1.29 is 14.1 Å². The summed E-state index contributed by atoms with van der Waals surface area (Å²) in [4.78, 5) is 16.7. The molecule has 6 nitrogen and oxygen atoms in total. The fourth-order valence-corrected chi connectivity index (χ4v) is 3.04. The lowest BCUT2D eigenvalue weighted by Gasteiger charge is -2.09. The van der Waals surface area contributed by atoms with Crippen LogP contribution in [0.4, 0.5) is 5.69 Å². The Labute approximate surface area is 174 Å². The molecule has 0 aliphatic rings. The van der Waals surface area contributed by atoms with Crippen molar-refractivity contribution in [1.82, 2.24) is 10.1 Å². The lowest BCUT2D eigenvalue weighted by molar-refractivity contribution is -0.118. The first-order valence-corrected chi connectivity index (χ1v) is 9.58. The van der Waals surface area contributed by atoms with Crippen LogP contribution in [0.2, 0.25) is 0 Å². The molecule has 0 unspecified atom stereocenters. The van der Waals surface area contributed by atoms with Gasteiger partial charge in [0.2, 0.25) is 5.82 Å². The number of rotatable bonds is 6. The van der Waals surface area contributed by atoms with E-state index in [9.17, 15) is 4.79 Å². The Hall–Kier alpha value is -3.93. The topological polar surface area (TPSA) is 77.2 Å². The van der Waals surface area contributed by atoms with Crippen LogP contribution in [-0.4, -0.2) is 22.7 Å². The highest BCUT2D eigenvalue weighted by Gasteiger charge is 2.13. The van der Waals surface area contributed by atoms with Gasteiger partial charge in [0.25, 0.3) is 11.8 Å². The zero-order valence-corrected chi connectivity index (χ0v) is 16.8. The number of hydrogen-bond acceptors (Lipinski definition) is 5. The van der Waals surface area contributed by atoms with Crippen LogP contribution in [0.5, 0.6) is 5.75 Å². The van der Waals surface area contributed by atoms with E-state index >= 15 is 0 Å². The third kappa shape index (κ3) is 4.38. The van der Waals surface area contributed by atoms with Gasteiger partial charge in [-0.2, -0.15) is 4.98 Å². The van der Waals surface area contributed by atoms with Crippen molar-refractivity contribution in [1.29, 1.82) is 0 Å². The summed E-state index contributed by atoms with van der Waals surface area (Å²) in [6, 6.07) is 22.7. The largest absolute Gasteiger partial charge is 0.484 e. The summed E-state index contributed by atoms with van der Waals surface area (Å²) in [7, 11) is 0. The quantitative estimate of drug-likeness (QED) is 0.492. The Balaban J connectivity index is 1.44. The number of nitrogens with zero attached hydrogens (tertiary/aromatic N) is 2. The van der Waals surface area contributed by atoms with Crippen LogP contribution in [0.3, 0.4) is 0 Å². The summed E-state index contributed by atoms with van der Waals surface area (Å²) in [5, 5.41) is 6.93. The van der Waals surface area contributed by atoms with Crippen LogP contribution < -0.4 is 10.1 Å². The highest BCUT2D eigenvalue weighted by molar-refractivity contribution is 5.92. The van der Waals surface area contributed by atoms with Crippen LogP contribution in [0, 0.1) is 13.8 Å². The molecular formula is C24H21N3O3. The van der Waals surface area contributed by atoms with Gasteiger partial charge in [0.1, 0.15) is 5.75 Å². The molecule has 0 aliphatic heterocycles. The second kappa shape index (κ2) is 8.61. The van der Waals surface area contributed by atoms with Crippen molar-refractivity contribution in [3.8, 4) is 28.6 Å². The number of para-hydroxylation sites is 1. The maximum atomic E-state index is 12.2. The Kier molecular flexibility index (Phi) is 5.57. The summed E-state index contributed by atoms with van der Waals surface area (Å²) in [5.41, 5.74) is 4.47. The number of carbonyl (C=O) groups excluding carboxylic acids is 1. The fourth-order valence-electron chi connectivity index (χ4n) is 3.04. The normalized spacial score (nSPS) is 10.6. The average Bonchev–Trinajstić information content (AvgIpc) is 3.25. The van der Waals surface area contributed by atoms with E-state index in [2.05, 4.69) is 15.5 Å². The zero-order valence-electron chi connectivity index (χ0n) is 16.8. The molecule has 30 heavy (non-hydrogen) atoms. The second-order valence-corrected chi connectivity index (χ2v) is 6.92. The molecule has 0 bridgehead atoms. The van der Waals surface area contributed by atoms with Crippen LogP contribution in [0.1, 0.15) is 11.1 Å². The molecule has 1 amide bonds. The molecule has 0 fully saturated rings. The molecule has 4 rings (SSSR count). The number of anilines is 1. The second-order valence-electron chi connectivity index (χ2n) is 6.92. The van der Waals surface area contributed by atoms with E-state index < -0.39 is 0 Å². The van der Waals surface area contributed by atoms with E-state index in [1.165, 1.54) is 0 Å². The summed E-state index contributed by atoms with van der Waals surface area (Å²) in [5.74, 6) is 1.25. The number of ether oxygens (including phenoxy) is 1. The fraction of sp³-hybridized carbons (Fsp3) is 0.125. The monoisotopic (exact) mass is 399 g/mol. The summed E-state index contributed by atoms with van der Waals surface area (Å²) < 4.78 is 11.1. The highest BCUT2D eigenvalue weighted by Crippen LogP contribution is 2.26. The molecule has 1 N–H and O–H groups in total. The number of benzene rings is 3. The van der Waals surface area contributed by atoms with Crippen molar-refractivity contribution >= 4 is 11.6 Å². The number of hydrogen-bond donors (Lipinski definition) is 1. The first-order chi connectivity index (χ1) is 14.6. The predicted octanol–water partition coefficient (Wildman–Crippen LogP) is 5.04. The van der Waals surface area contributed by atoms with Gasteiger partial charge in [0, 0.05) is 16.8 Å². The van der Waals surface area contributed by atoms with E-state index in [0.29, 0.717) is 17.5 Å². The molecule has 150 valence electrons. The number of nitrogens with one attached hydrogen (secondary N) is 1. The number of amides is 1. The summed E-state index contributed by atoms with van der Waals surface area (Å²) in [6.07, 6.45) is 0. The molecule has 0 aliphatic carbocycles. The summed E-state index contributed by atoms with van der Waals surface area (Å²) >= 11 is 0. The van der Waals surface area contributed by atoms with Crippen LogP contribution in [0.25, 0.3) is 22.8 Å². The van der Waals surface area contributed by atoms with Gasteiger partial charge in [-0.05, 0) is 49.2 Å². The van der Waals surface area contributed by atoms with Gasteiger partial charge in [-0.25, -0.2) is 0 Å². The van der Waals surface area contributed by atoms with Crippen LogP contribution in [-0.2, 0) is 4.79 Å². The van der Waals surface area contributed by atoms with E-state index in [0.717, 1.165) is 27.9 Å². The van der Waals surface area contributed by atoms with Gasteiger partial charge in [-0.3, -0.25) is 4.79 Å². The molecule has 0 saturated carbocycles. The molecule has 6 heteroatoms. The standard InChI is InChI=1S/C24H21N3O3/c1-16-8-3-5-12-20(16)24-26-23(27-30-24)18-10-7-11-19(14-18)29-15-22(28)25-21-13-6-4-9-17(21)2/h3-14H,15H2,1-2H3,(H,25,28). The van der Waals surface area contributed by atoms with E-state index in [1.807, 2.05) is 74.5 Å². The first kappa shape index (κ1) is 19.4. The van der Waals surface area contributed by atoms with Crippen molar-refractivity contribution in [3.63, 3.8) is 0 Å². The Morgan fingerprint density at radius 3 is 2.53 bits per heavy atom. The van der Waals surface area contributed by atoms with Crippen LogP contribution in [0.15, 0.2) is 77.3 Å². The smallest absolute Gasteiger partial charge is 0.262 e. The first-order valence-electron chi connectivity index (χ1n) is 9.58. The molecule has 1 heterocycles. The Morgan fingerprint density at radius 1 is 0.967 bits per heavy atom. The molecule has 0 spiro atoms. The summed E-state index contributed by atoms with van der Waals surface area (Å²) in [6.45, 7) is 3.84. The maximum absolute atomic E-state index is 12.2. The van der Waals surface area contributed by atoms with Gasteiger partial charge in [0.15, 0.2) is 6.61 Å². The molecular weight excluding hydrogens is 378 g/mol. The average molecular weight is 399 g/mol. The SMILES string of the molecule is Cc1ccccc1NC(=O)COc1cccc(-c2noc(-c3ccccc3C)n2)c1. The third-order valence-corrected chi connectivity index (χ3v) is 4.68. The van der Waals surface area contributed by atoms with E-state index in [1.54, 1.807) is 12.1 Å². The van der Waals surface area contributed by atoms with Crippen molar-refractivity contribution in [2.24, 2.45) is 0 Å². The molecule has 3 aromatic carbocycles. The van der Waals surface area contributed by atoms with Crippen molar-refractivity contribution in [3.05, 3.63) is 83.9 Å². The number of carbonyl (C=O) groups is 1. The van der Waals surface area contributed by atoms with E-state index in [4.69, 9.17) is 9.26 Å². The van der Waals surface area contributed by atoms with Gasteiger partial charge in [-0.15, -0.1) is 0 Å². The zero-order chi connectivity index (χ0) is 20.9. The van der Waals surface area contributed by atoms with Gasteiger partial charge >= 0.3 is 0 Å². The molecule has 1 aromatic heterocycles. The highest BCUT2D eigenvalue weighted by atomic mass is 16.5. The molecule has 0 atom stereocenters. The van der Waals surface area contributed by atoms with Gasteiger partial charge < -0.3 is 14.6 Å². The predicted molar refractivity (Wildman–Crippen MR) is 115 cm³/mol. The lowest BCUT2D eigenvalue weighted by Crippen LogP contribution is -2.20. The van der Waals surface area contributed by atoms with Gasteiger partial charge in [-0.1, -0.05) is 53.7 Å². The van der Waals surface area contributed by atoms with Gasteiger partial charge in [0.05, 0.1) is 0 Å². The minimum absolute atomic E-state index is 0.0987. The molecule has 0 saturated heterocycles. The van der Waals surface area contributed by atoms with Crippen molar-refractivity contribution in [2.45, 2.75) is 13.8 Å². The van der Waals surface area contributed by atoms with Crippen molar-refractivity contribution in [2.75, 3.05) is 11.9 Å². The van der Waals surface area contributed by atoms with E-state index in [-0.39, 0.29) is 12.5 Å². The minimum atomic E-state index is -0.226. The van der Waals surface area contributed by atoms with Crippen LogP contribution >= 0.6 is 0 Å². The maximum Gasteiger partial charge on any atom is 0.262 e. The number of aromatic nitrogens is 2.